The first-order valence-corrected chi connectivity index (χ1v) is 7.59. The molecule has 2 atom stereocenters. The summed E-state index contributed by atoms with van der Waals surface area (Å²) in [7, 11) is 0. The Morgan fingerprint density at radius 3 is 2.85 bits per heavy atom. The first kappa shape index (κ1) is 15.0. The topological polar surface area (TPSA) is 54.0 Å². The molecule has 0 saturated carbocycles. The van der Waals surface area contributed by atoms with E-state index >= 15 is 0 Å². The molecule has 1 aromatic heterocycles. The first-order chi connectivity index (χ1) is 9.68. The third-order valence-electron chi connectivity index (χ3n) is 4.24. The van der Waals surface area contributed by atoms with Gasteiger partial charge in [0.2, 0.25) is 5.91 Å². The van der Waals surface area contributed by atoms with Gasteiger partial charge in [0.15, 0.2) is 0 Å². The second-order valence-corrected chi connectivity index (χ2v) is 5.79. The summed E-state index contributed by atoms with van der Waals surface area (Å²) in [6.45, 7) is 6.01. The molecular formula is C16H25N3O. The number of nitrogens with one attached hydrogen (secondary N) is 2. The Morgan fingerprint density at radius 1 is 1.50 bits per heavy atom. The molecule has 0 bridgehead atoms. The summed E-state index contributed by atoms with van der Waals surface area (Å²) in [6.07, 6.45) is 7.59. The number of hydrogen-bond donors (Lipinski definition) is 2. The summed E-state index contributed by atoms with van der Waals surface area (Å²) in [5, 5.41) is 6.57. The van der Waals surface area contributed by atoms with Crippen LogP contribution in [0.25, 0.3) is 0 Å². The highest BCUT2D eigenvalue weighted by molar-refractivity contribution is 5.83. The van der Waals surface area contributed by atoms with Gasteiger partial charge in [-0.3, -0.25) is 9.78 Å². The highest BCUT2D eigenvalue weighted by atomic mass is 16.2. The lowest BCUT2D eigenvalue weighted by Gasteiger charge is -2.37. The average molecular weight is 275 g/mol. The van der Waals surface area contributed by atoms with Gasteiger partial charge in [-0.1, -0.05) is 13.3 Å². The van der Waals surface area contributed by atoms with Crippen LogP contribution in [-0.2, 0) is 4.79 Å². The van der Waals surface area contributed by atoms with Gasteiger partial charge in [0, 0.05) is 18.9 Å². The largest absolute Gasteiger partial charge is 0.349 e. The predicted octanol–water partition coefficient (Wildman–Crippen LogP) is 2.43. The number of piperidine rings is 1. The second-order valence-electron chi connectivity index (χ2n) is 5.79. The van der Waals surface area contributed by atoms with Gasteiger partial charge in [0.1, 0.15) is 0 Å². The van der Waals surface area contributed by atoms with Gasteiger partial charge in [-0.25, -0.2) is 0 Å². The third-order valence-corrected chi connectivity index (χ3v) is 4.24. The lowest BCUT2D eigenvalue weighted by Crippen LogP contribution is -2.50. The van der Waals surface area contributed by atoms with E-state index < -0.39 is 0 Å². The van der Waals surface area contributed by atoms with Crippen LogP contribution < -0.4 is 10.6 Å². The zero-order chi connectivity index (χ0) is 14.4. The fourth-order valence-corrected chi connectivity index (χ4v) is 3.05. The van der Waals surface area contributed by atoms with Crippen molar-refractivity contribution in [1.29, 1.82) is 0 Å². The quantitative estimate of drug-likeness (QED) is 0.867. The van der Waals surface area contributed by atoms with Gasteiger partial charge < -0.3 is 10.6 Å². The molecule has 110 valence electrons. The molecule has 0 radical (unpaired) electrons. The maximum absolute atomic E-state index is 12.7. The van der Waals surface area contributed by atoms with Crippen LogP contribution in [0, 0.1) is 5.41 Å². The minimum atomic E-state index is -0.228. The molecule has 1 saturated heterocycles. The Hall–Kier alpha value is -1.42. The minimum Gasteiger partial charge on any atom is -0.349 e. The molecule has 20 heavy (non-hydrogen) atoms. The lowest BCUT2D eigenvalue weighted by atomic mass is 9.76. The maximum atomic E-state index is 12.7. The smallest absolute Gasteiger partial charge is 0.227 e. The summed E-state index contributed by atoms with van der Waals surface area (Å²) in [4.78, 5) is 16.7. The van der Waals surface area contributed by atoms with Crippen molar-refractivity contribution in [3.05, 3.63) is 30.1 Å². The predicted molar refractivity (Wildman–Crippen MR) is 80.2 cm³/mol. The molecule has 1 unspecified atom stereocenters. The number of aromatic nitrogens is 1. The number of carbonyl (C=O) groups excluding carboxylic acids is 1. The van der Waals surface area contributed by atoms with E-state index in [0.29, 0.717) is 0 Å². The van der Waals surface area contributed by atoms with Crippen molar-refractivity contribution in [2.75, 3.05) is 13.1 Å². The summed E-state index contributed by atoms with van der Waals surface area (Å²) in [6, 6.07) is 3.94. The van der Waals surface area contributed by atoms with Crippen LogP contribution in [0.4, 0.5) is 0 Å². The highest BCUT2D eigenvalue weighted by Crippen LogP contribution is 2.32. The Morgan fingerprint density at radius 2 is 2.25 bits per heavy atom. The van der Waals surface area contributed by atoms with Crippen LogP contribution in [0.15, 0.2) is 24.5 Å². The van der Waals surface area contributed by atoms with E-state index in [2.05, 4.69) is 22.5 Å². The van der Waals surface area contributed by atoms with Crippen LogP contribution in [0.2, 0.25) is 0 Å². The fraction of sp³-hybridized carbons (Fsp3) is 0.625. The molecule has 1 fully saturated rings. The Labute approximate surface area is 121 Å². The van der Waals surface area contributed by atoms with Gasteiger partial charge in [-0.05, 0) is 50.4 Å². The van der Waals surface area contributed by atoms with E-state index in [4.69, 9.17) is 0 Å². The van der Waals surface area contributed by atoms with Gasteiger partial charge in [-0.15, -0.1) is 0 Å². The number of pyridine rings is 1. The zero-order valence-corrected chi connectivity index (χ0v) is 12.5. The molecule has 2 N–H and O–H groups in total. The molecule has 2 rings (SSSR count). The van der Waals surface area contributed by atoms with E-state index in [1.165, 1.54) is 0 Å². The van der Waals surface area contributed by atoms with E-state index in [-0.39, 0.29) is 17.4 Å². The van der Waals surface area contributed by atoms with Crippen molar-refractivity contribution < 1.29 is 4.79 Å². The van der Waals surface area contributed by atoms with Crippen molar-refractivity contribution in [2.24, 2.45) is 5.41 Å². The standard InChI is InChI=1S/C16H25N3O/c1-3-7-16(8-4-9-18-12-16)15(20)19-13(2)14-5-10-17-11-6-14/h5-6,10-11,13,18H,3-4,7-9,12H2,1-2H3,(H,19,20)/t13-,16?/m1/s1. The van der Waals surface area contributed by atoms with Crippen LogP contribution >= 0.6 is 0 Å². The summed E-state index contributed by atoms with van der Waals surface area (Å²) in [5.74, 6) is 0.191. The maximum Gasteiger partial charge on any atom is 0.227 e. The SMILES string of the molecule is CCCC1(C(=O)N[C@H](C)c2ccncc2)CCCNC1. The van der Waals surface area contributed by atoms with Crippen molar-refractivity contribution in [2.45, 2.75) is 45.6 Å². The first-order valence-electron chi connectivity index (χ1n) is 7.59. The normalized spacial score (nSPS) is 24.1. The van der Waals surface area contributed by atoms with E-state index in [9.17, 15) is 4.79 Å². The third kappa shape index (κ3) is 3.37. The second kappa shape index (κ2) is 6.84. The molecule has 0 aromatic carbocycles. The number of rotatable bonds is 5. The van der Waals surface area contributed by atoms with Crippen LogP contribution in [0.5, 0.6) is 0 Å². The Balaban J connectivity index is 2.05. The fourth-order valence-electron chi connectivity index (χ4n) is 3.05. The van der Waals surface area contributed by atoms with Crippen LogP contribution in [-0.4, -0.2) is 24.0 Å². The number of hydrogen-bond acceptors (Lipinski definition) is 3. The lowest BCUT2D eigenvalue weighted by molar-refractivity contribution is -0.133. The highest BCUT2D eigenvalue weighted by Gasteiger charge is 2.39. The molecule has 1 aromatic rings. The minimum absolute atomic E-state index is 0.0288. The monoisotopic (exact) mass is 275 g/mol. The molecule has 4 nitrogen and oxygen atoms in total. The average Bonchev–Trinajstić information content (AvgIpc) is 2.49. The van der Waals surface area contributed by atoms with E-state index in [0.717, 1.165) is 44.3 Å². The zero-order valence-electron chi connectivity index (χ0n) is 12.5. The van der Waals surface area contributed by atoms with Gasteiger partial charge in [0.25, 0.3) is 0 Å². The molecule has 1 aliphatic heterocycles. The van der Waals surface area contributed by atoms with E-state index in [1.54, 1.807) is 12.4 Å². The Bertz CT molecular complexity index is 421. The van der Waals surface area contributed by atoms with Crippen molar-refractivity contribution in [3.63, 3.8) is 0 Å². The van der Waals surface area contributed by atoms with Gasteiger partial charge >= 0.3 is 0 Å². The van der Waals surface area contributed by atoms with Gasteiger partial charge in [0.05, 0.1) is 11.5 Å². The summed E-state index contributed by atoms with van der Waals surface area (Å²) < 4.78 is 0. The van der Waals surface area contributed by atoms with Crippen molar-refractivity contribution in [3.8, 4) is 0 Å². The van der Waals surface area contributed by atoms with Crippen molar-refractivity contribution in [1.82, 2.24) is 15.6 Å². The molecule has 0 spiro atoms. The van der Waals surface area contributed by atoms with E-state index in [1.807, 2.05) is 19.1 Å². The molecule has 4 heteroatoms. The van der Waals surface area contributed by atoms with Crippen LogP contribution in [0.1, 0.15) is 51.1 Å². The number of amides is 1. The molecule has 0 aliphatic carbocycles. The Kier molecular flexibility index (Phi) is 5.12. The molecule has 1 amide bonds. The van der Waals surface area contributed by atoms with Crippen LogP contribution in [0.3, 0.4) is 0 Å². The molecular weight excluding hydrogens is 250 g/mol. The molecule has 2 heterocycles. The summed E-state index contributed by atoms with van der Waals surface area (Å²) in [5.41, 5.74) is 0.873. The number of nitrogens with zero attached hydrogens (tertiary/aromatic N) is 1. The summed E-state index contributed by atoms with van der Waals surface area (Å²) >= 11 is 0. The van der Waals surface area contributed by atoms with Gasteiger partial charge in [-0.2, -0.15) is 0 Å². The van der Waals surface area contributed by atoms with Crippen molar-refractivity contribution >= 4 is 5.91 Å². The molecule has 1 aliphatic rings. The number of carbonyl (C=O) groups is 1.